The number of amides is 1. The molecule has 2 atom stereocenters. The van der Waals surface area contributed by atoms with Gasteiger partial charge in [-0.1, -0.05) is 29.8 Å². The number of hydrogen-bond donors (Lipinski definition) is 3. The van der Waals surface area contributed by atoms with Gasteiger partial charge in [0.2, 0.25) is 5.91 Å². The third-order valence-corrected chi connectivity index (χ3v) is 5.01. The Morgan fingerprint density at radius 3 is 2.38 bits per heavy atom. The van der Waals surface area contributed by atoms with Crippen LogP contribution in [0, 0.1) is 6.92 Å². The zero-order valence-corrected chi connectivity index (χ0v) is 15.5. The summed E-state index contributed by atoms with van der Waals surface area (Å²) in [6.07, 6.45) is 2.06. The Hall–Kier alpha value is -1.06. The van der Waals surface area contributed by atoms with Crippen molar-refractivity contribution in [1.82, 2.24) is 9.62 Å². The highest BCUT2D eigenvalue weighted by Gasteiger charge is 2.26. The van der Waals surface area contributed by atoms with Gasteiger partial charge in [-0.05, 0) is 32.8 Å². The van der Waals surface area contributed by atoms with Crippen LogP contribution in [0.1, 0.15) is 31.4 Å². The molecule has 0 radical (unpaired) electrons. The largest absolute Gasteiger partial charge is 0.598 e. The highest BCUT2D eigenvalue weighted by Crippen LogP contribution is 2.08. The van der Waals surface area contributed by atoms with Gasteiger partial charge in [0.1, 0.15) is 6.26 Å². The summed E-state index contributed by atoms with van der Waals surface area (Å²) < 4.78 is 13.3. The zero-order valence-electron chi connectivity index (χ0n) is 14.7. The van der Waals surface area contributed by atoms with Crippen LogP contribution in [0.25, 0.3) is 0 Å². The van der Waals surface area contributed by atoms with E-state index in [0.29, 0.717) is 13.0 Å². The van der Waals surface area contributed by atoms with E-state index in [1.165, 1.54) is 0 Å². The molecule has 6 nitrogen and oxygen atoms in total. The summed E-state index contributed by atoms with van der Waals surface area (Å²) in [4.78, 5) is 12.1. The topological polar surface area (TPSA) is 95.9 Å². The maximum absolute atomic E-state index is 12.1. The molecule has 0 aliphatic heterocycles. The minimum Gasteiger partial charge on any atom is -0.598 e. The molecule has 1 amide bonds. The number of benzene rings is 1. The number of aryl methyl sites for hydroxylation is 1. The second-order valence-electron chi connectivity index (χ2n) is 6.19. The molecule has 0 fully saturated rings. The van der Waals surface area contributed by atoms with Crippen molar-refractivity contribution in [1.29, 1.82) is 0 Å². The molecule has 0 bridgehead atoms. The first-order valence-corrected chi connectivity index (χ1v) is 9.53. The van der Waals surface area contributed by atoms with Crippen LogP contribution in [-0.2, 0) is 22.6 Å². The lowest BCUT2D eigenvalue weighted by Gasteiger charge is -2.25. The fourth-order valence-corrected chi connectivity index (χ4v) is 3.33. The first kappa shape index (κ1) is 21.0. The SMILES string of the molecule is Cc1ccc(C[C@H](NC(=O)CCN(C(C)C)[S+](C)[O-])B(O)O)cc1. The standard InChI is InChI=1S/C16H27BN2O4S/c1-12(2)19(24(4)23)10-9-16(20)18-15(17(21)22)11-14-7-5-13(3)6-8-14/h5-8,12,15,21-22H,9-11H2,1-4H3,(H,18,20)/t15-,24?/m0/s1. The molecule has 1 unspecified atom stereocenters. The van der Waals surface area contributed by atoms with E-state index in [1.54, 1.807) is 10.6 Å². The quantitative estimate of drug-likeness (QED) is 0.442. The van der Waals surface area contributed by atoms with Crippen LogP contribution in [0.4, 0.5) is 0 Å². The molecule has 134 valence electrons. The number of nitrogens with one attached hydrogen (secondary N) is 1. The van der Waals surface area contributed by atoms with Gasteiger partial charge in [-0.25, -0.2) is 0 Å². The molecule has 8 heteroatoms. The summed E-state index contributed by atoms with van der Waals surface area (Å²) in [5.74, 6) is -1.07. The highest BCUT2D eigenvalue weighted by atomic mass is 32.2. The maximum atomic E-state index is 12.1. The average Bonchev–Trinajstić information content (AvgIpc) is 2.48. The molecule has 1 aromatic rings. The van der Waals surface area contributed by atoms with Crippen molar-refractivity contribution in [2.24, 2.45) is 0 Å². The van der Waals surface area contributed by atoms with Crippen molar-refractivity contribution in [2.75, 3.05) is 12.8 Å². The summed E-state index contributed by atoms with van der Waals surface area (Å²) in [6, 6.07) is 7.75. The van der Waals surface area contributed by atoms with Crippen molar-refractivity contribution in [2.45, 2.75) is 45.6 Å². The fourth-order valence-electron chi connectivity index (χ4n) is 2.38. The molecule has 0 aliphatic carbocycles. The van der Waals surface area contributed by atoms with Crippen LogP contribution in [0.3, 0.4) is 0 Å². The average molecular weight is 354 g/mol. The summed E-state index contributed by atoms with van der Waals surface area (Å²) in [7, 11) is -1.64. The third kappa shape index (κ3) is 7.23. The van der Waals surface area contributed by atoms with Gasteiger partial charge in [-0.15, -0.1) is 4.31 Å². The van der Waals surface area contributed by atoms with E-state index in [2.05, 4.69) is 5.32 Å². The summed E-state index contributed by atoms with van der Waals surface area (Å²) in [5, 5.41) is 21.7. The molecule has 24 heavy (non-hydrogen) atoms. The number of hydrogen-bond acceptors (Lipinski definition) is 5. The van der Waals surface area contributed by atoms with Crippen molar-refractivity contribution in [3.8, 4) is 0 Å². The van der Waals surface area contributed by atoms with E-state index in [1.807, 2.05) is 45.0 Å². The normalized spacial score (nSPS) is 13.9. The predicted octanol–water partition coefficient (Wildman–Crippen LogP) is 0.428. The Balaban J connectivity index is 2.58. The molecule has 0 saturated heterocycles. The predicted molar refractivity (Wildman–Crippen MR) is 97.5 cm³/mol. The lowest BCUT2D eigenvalue weighted by atomic mass is 9.76. The Morgan fingerprint density at radius 1 is 1.33 bits per heavy atom. The second-order valence-corrected chi connectivity index (χ2v) is 7.50. The summed E-state index contributed by atoms with van der Waals surface area (Å²) >= 11 is -1.15. The van der Waals surface area contributed by atoms with Gasteiger partial charge in [0.05, 0.1) is 12.5 Å². The maximum Gasteiger partial charge on any atom is 0.475 e. The molecule has 1 aromatic carbocycles. The zero-order chi connectivity index (χ0) is 18.3. The second kappa shape index (κ2) is 10.1. The Morgan fingerprint density at radius 2 is 1.92 bits per heavy atom. The van der Waals surface area contributed by atoms with E-state index in [0.717, 1.165) is 11.1 Å². The lowest BCUT2D eigenvalue weighted by Crippen LogP contribution is -2.49. The van der Waals surface area contributed by atoms with E-state index in [-0.39, 0.29) is 18.4 Å². The third-order valence-electron chi connectivity index (χ3n) is 3.75. The van der Waals surface area contributed by atoms with Crippen LogP contribution >= 0.6 is 0 Å². The Labute approximate surface area is 147 Å². The molecule has 3 N–H and O–H groups in total. The van der Waals surface area contributed by atoms with Crippen molar-refractivity contribution in [3.05, 3.63) is 35.4 Å². The molecule has 1 rings (SSSR count). The number of carbonyl (C=O) groups is 1. The molecule has 0 aromatic heterocycles. The van der Waals surface area contributed by atoms with Crippen molar-refractivity contribution in [3.63, 3.8) is 0 Å². The van der Waals surface area contributed by atoms with E-state index in [4.69, 9.17) is 0 Å². The first-order chi connectivity index (χ1) is 11.2. The van der Waals surface area contributed by atoms with Gasteiger partial charge in [0.15, 0.2) is 0 Å². The fraction of sp³-hybridized carbons (Fsp3) is 0.562. The minimum atomic E-state index is -1.64. The molecule has 0 aliphatic rings. The number of nitrogens with zero attached hydrogens (tertiary/aromatic N) is 1. The highest BCUT2D eigenvalue weighted by molar-refractivity contribution is 7.88. The summed E-state index contributed by atoms with van der Waals surface area (Å²) in [6.45, 7) is 6.15. The van der Waals surface area contributed by atoms with Crippen LogP contribution in [0.15, 0.2) is 24.3 Å². The number of rotatable bonds is 9. The lowest BCUT2D eigenvalue weighted by molar-refractivity contribution is -0.121. The van der Waals surface area contributed by atoms with Gasteiger partial charge in [-0.3, -0.25) is 4.79 Å². The van der Waals surface area contributed by atoms with Gasteiger partial charge < -0.3 is 19.9 Å². The van der Waals surface area contributed by atoms with Crippen LogP contribution in [-0.4, -0.2) is 56.7 Å². The monoisotopic (exact) mass is 354 g/mol. The van der Waals surface area contributed by atoms with Crippen LogP contribution in [0.2, 0.25) is 0 Å². The summed E-state index contributed by atoms with van der Waals surface area (Å²) in [5.41, 5.74) is 2.03. The van der Waals surface area contributed by atoms with Gasteiger partial charge in [-0.2, -0.15) is 0 Å². The van der Waals surface area contributed by atoms with Gasteiger partial charge in [0, 0.05) is 23.8 Å². The minimum absolute atomic E-state index is 0.0652. The molecular formula is C16H27BN2O4S. The van der Waals surface area contributed by atoms with Crippen LogP contribution < -0.4 is 5.32 Å². The van der Waals surface area contributed by atoms with Crippen LogP contribution in [0.5, 0.6) is 0 Å². The molecular weight excluding hydrogens is 327 g/mol. The smallest absolute Gasteiger partial charge is 0.475 e. The van der Waals surface area contributed by atoms with Crippen molar-refractivity contribution >= 4 is 24.4 Å². The molecule has 0 heterocycles. The van der Waals surface area contributed by atoms with E-state index in [9.17, 15) is 19.4 Å². The van der Waals surface area contributed by atoms with E-state index >= 15 is 0 Å². The first-order valence-electron chi connectivity index (χ1n) is 8.02. The number of carbonyl (C=O) groups excluding carboxylic acids is 1. The van der Waals surface area contributed by atoms with Crippen molar-refractivity contribution < 1.29 is 19.4 Å². The van der Waals surface area contributed by atoms with Gasteiger partial charge in [0.25, 0.3) is 0 Å². The van der Waals surface area contributed by atoms with Gasteiger partial charge >= 0.3 is 7.12 Å². The Bertz CT molecular complexity index is 503. The van der Waals surface area contributed by atoms with E-state index < -0.39 is 24.4 Å². The molecule has 0 saturated carbocycles. The molecule has 0 spiro atoms. The Kier molecular flexibility index (Phi) is 8.79.